The van der Waals surface area contributed by atoms with Gasteiger partial charge in [0.1, 0.15) is 6.54 Å². The van der Waals surface area contributed by atoms with E-state index in [1.165, 1.54) is 28.7 Å². The van der Waals surface area contributed by atoms with Crippen LogP contribution in [0, 0.1) is 5.92 Å². The minimum absolute atomic E-state index is 0.116. The maximum absolute atomic E-state index is 11.7. The molecule has 1 aliphatic carbocycles. The second kappa shape index (κ2) is 5.04. The van der Waals surface area contributed by atoms with Crippen molar-refractivity contribution in [3.63, 3.8) is 0 Å². The van der Waals surface area contributed by atoms with Crippen LogP contribution in [0.25, 0.3) is 0 Å². The Balaban J connectivity index is 2.24. The van der Waals surface area contributed by atoms with E-state index in [2.05, 4.69) is 6.92 Å². The van der Waals surface area contributed by atoms with Gasteiger partial charge in [0.05, 0.1) is 0 Å². The van der Waals surface area contributed by atoms with Crippen molar-refractivity contribution in [3.8, 4) is 0 Å². The van der Waals surface area contributed by atoms with E-state index in [0.29, 0.717) is 5.92 Å². The highest BCUT2D eigenvalue weighted by Gasteiger charge is 2.24. The third-order valence-electron chi connectivity index (χ3n) is 3.33. The second-order valence-electron chi connectivity index (χ2n) is 4.62. The standard InChI is InChI=1S/C12H17NO3S/c1-2-3-8-4-5-9-10(6-8)17-12(16)13(9)7-11(14)15/h8H,2-7H2,1H3,(H,14,15). The predicted octanol–water partition coefficient (Wildman–Crippen LogP) is 1.90. The molecule has 1 heterocycles. The Morgan fingerprint density at radius 2 is 2.35 bits per heavy atom. The molecule has 4 nitrogen and oxygen atoms in total. The minimum Gasteiger partial charge on any atom is -0.480 e. The molecule has 0 radical (unpaired) electrons. The van der Waals surface area contributed by atoms with Gasteiger partial charge >= 0.3 is 10.8 Å². The molecule has 1 atom stereocenters. The lowest BCUT2D eigenvalue weighted by molar-refractivity contribution is -0.137. The SMILES string of the molecule is CCCC1CCc2c(sc(=O)n2CC(=O)O)C1. The van der Waals surface area contributed by atoms with Gasteiger partial charge in [0.2, 0.25) is 0 Å². The fourth-order valence-corrected chi connectivity index (χ4v) is 3.71. The van der Waals surface area contributed by atoms with Gasteiger partial charge in [0.15, 0.2) is 0 Å². The molecule has 2 rings (SSSR count). The molecule has 0 saturated carbocycles. The highest BCUT2D eigenvalue weighted by molar-refractivity contribution is 7.09. The summed E-state index contributed by atoms with van der Waals surface area (Å²) in [6.07, 6.45) is 5.26. The summed E-state index contributed by atoms with van der Waals surface area (Å²) in [4.78, 5) is 23.4. The number of aliphatic carboxylic acids is 1. The van der Waals surface area contributed by atoms with E-state index in [1.54, 1.807) is 0 Å². The van der Waals surface area contributed by atoms with Crippen molar-refractivity contribution in [1.82, 2.24) is 4.57 Å². The van der Waals surface area contributed by atoms with E-state index in [0.717, 1.165) is 29.8 Å². The van der Waals surface area contributed by atoms with Crippen molar-refractivity contribution in [2.75, 3.05) is 0 Å². The Morgan fingerprint density at radius 3 is 3.00 bits per heavy atom. The van der Waals surface area contributed by atoms with Gasteiger partial charge in [-0.05, 0) is 25.2 Å². The molecule has 1 aromatic heterocycles. The van der Waals surface area contributed by atoms with Gasteiger partial charge in [-0.3, -0.25) is 14.2 Å². The summed E-state index contributed by atoms with van der Waals surface area (Å²) in [5, 5.41) is 8.79. The van der Waals surface area contributed by atoms with Crippen molar-refractivity contribution >= 4 is 17.3 Å². The van der Waals surface area contributed by atoms with Crippen LogP contribution in [0.4, 0.5) is 0 Å². The van der Waals surface area contributed by atoms with Gasteiger partial charge < -0.3 is 5.11 Å². The molecule has 0 spiro atoms. The number of aromatic nitrogens is 1. The molecule has 94 valence electrons. The normalized spacial score (nSPS) is 19.0. The second-order valence-corrected chi connectivity index (χ2v) is 5.66. The van der Waals surface area contributed by atoms with Gasteiger partial charge in [0.25, 0.3) is 0 Å². The number of fused-ring (bicyclic) bond motifs is 1. The number of hydrogen-bond donors (Lipinski definition) is 1. The Kier molecular flexibility index (Phi) is 3.66. The molecule has 1 N–H and O–H groups in total. The third kappa shape index (κ3) is 2.60. The van der Waals surface area contributed by atoms with E-state index in [-0.39, 0.29) is 11.4 Å². The zero-order valence-corrected chi connectivity index (χ0v) is 10.8. The number of thiazole rings is 1. The average molecular weight is 255 g/mol. The van der Waals surface area contributed by atoms with Crippen molar-refractivity contribution in [2.45, 2.75) is 45.6 Å². The number of carboxylic acids is 1. The lowest BCUT2D eigenvalue weighted by atomic mass is 9.88. The highest BCUT2D eigenvalue weighted by Crippen LogP contribution is 2.30. The molecule has 0 fully saturated rings. The quantitative estimate of drug-likeness (QED) is 0.894. The molecule has 1 aromatic rings. The van der Waals surface area contributed by atoms with Crippen LogP contribution in [0.15, 0.2) is 4.79 Å². The number of hydrogen-bond acceptors (Lipinski definition) is 3. The van der Waals surface area contributed by atoms with Crippen LogP contribution in [0.1, 0.15) is 36.8 Å². The number of carbonyl (C=O) groups is 1. The zero-order chi connectivity index (χ0) is 12.4. The van der Waals surface area contributed by atoms with Crippen molar-refractivity contribution < 1.29 is 9.90 Å². The zero-order valence-electron chi connectivity index (χ0n) is 9.94. The predicted molar refractivity (Wildman–Crippen MR) is 66.6 cm³/mol. The number of nitrogens with zero attached hydrogens (tertiary/aromatic N) is 1. The van der Waals surface area contributed by atoms with E-state index in [4.69, 9.17) is 5.11 Å². The summed E-state index contributed by atoms with van der Waals surface area (Å²) >= 11 is 1.23. The van der Waals surface area contributed by atoms with Crippen molar-refractivity contribution in [1.29, 1.82) is 0 Å². The van der Waals surface area contributed by atoms with Gasteiger partial charge in [-0.2, -0.15) is 0 Å². The number of carboxylic acid groups (broad SMARTS) is 1. The first-order valence-corrected chi connectivity index (χ1v) is 6.86. The number of rotatable bonds is 4. The Hall–Kier alpha value is -1.10. The van der Waals surface area contributed by atoms with Gasteiger partial charge in [0, 0.05) is 10.6 Å². The summed E-state index contributed by atoms with van der Waals surface area (Å²) in [6.45, 7) is 1.98. The first-order chi connectivity index (χ1) is 8.11. The first-order valence-electron chi connectivity index (χ1n) is 6.05. The lowest BCUT2D eigenvalue weighted by Crippen LogP contribution is -2.23. The van der Waals surface area contributed by atoms with Crippen molar-refractivity contribution in [3.05, 3.63) is 20.2 Å². The van der Waals surface area contributed by atoms with Gasteiger partial charge in [-0.25, -0.2) is 0 Å². The molecule has 0 aliphatic heterocycles. The molecule has 0 bridgehead atoms. The lowest BCUT2D eigenvalue weighted by Gasteiger charge is -2.22. The molecule has 0 aromatic carbocycles. The third-order valence-corrected chi connectivity index (χ3v) is 4.38. The summed E-state index contributed by atoms with van der Waals surface area (Å²) in [7, 11) is 0. The summed E-state index contributed by atoms with van der Waals surface area (Å²) in [6, 6.07) is 0. The molecular formula is C12H17NO3S. The molecule has 1 unspecified atom stereocenters. The van der Waals surface area contributed by atoms with Crippen LogP contribution >= 0.6 is 11.3 Å². The van der Waals surface area contributed by atoms with Crippen LogP contribution in [0.2, 0.25) is 0 Å². The largest absolute Gasteiger partial charge is 0.480 e. The van der Waals surface area contributed by atoms with E-state index < -0.39 is 5.97 Å². The smallest absolute Gasteiger partial charge is 0.323 e. The van der Waals surface area contributed by atoms with Crippen LogP contribution in [-0.2, 0) is 24.2 Å². The highest BCUT2D eigenvalue weighted by atomic mass is 32.1. The minimum atomic E-state index is -0.941. The summed E-state index contributed by atoms with van der Waals surface area (Å²) < 4.78 is 1.44. The fraction of sp³-hybridized carbons (Fsp3) is 0.667. The van der Waals surface area contributed by atoms with Gasteiger partial charge in [-0.15, -0.1) is 0 Å². The molecular weight excluding hydrogens is 238 g/mol. The summed E-state index contributed by atoms with van der Waals surface area (Å²) in [5.74, 6) is -0.271. The molecule has 17 heavy (non-hydrogen) atoms. The first kappa shape index (κ1) is 12.4. The molecule has 1 aliphatic rings. The summed E-state index contributed by atoms with van der Waals surface area (Å²) in [5.41, 5.74) is 0.967. The van der Waals surface area contributed by atoms with E-state index >= 15 is 0 Å². The maximum atomic E-state index is 11.7. The monoisotopic (exact) mass is 255 g/mol. The van der Waals surface area contributed by atoms with Crippen LogP contribution in [0.3, 0.4) is 0 Å². The van der Waals surface area contributed by atoms with Gasteiger partial charge in [-0.1, -0.05) is 31.1 Å². The Bertz CT molecular complexity index is 475. The van der Waals surface area contributed by atoms with Crippen LogP contribution < -0.4 is 4.87 Å². The fourth-order valence-electron chi connectivity index (χ4n) is 2.57. The Morgan fingerprint density at radius 1 is 1.59 bits per heavy atom. The van der Waals surface area contributed by atoms with Crippen LogP contribution in [-0.4, -0.2) is 15.6 Å². The molecule has 0 amide bonds. The maximum Gasteiger partial charge on any atom is 0.323 e. The van der Waals surface area contributed by atoms with Crippen LogP contribution in [0.5, 0.6) is 0 Å². The molecule has 5 heteroatoms. The van der Waals surface area contributed by atoms with Crippen molar-refractivity contribution in [2.24, 2.45) is 5.92 Å². The van der Waals surface area contributed by atoms with E-state index in [9.17, 15) is 9.59 Å². The van der Waals surface area contributed by atoms with E-state index in [1.807, 2.05) is 0 Å². The average Bonchev–Trinajstić information content (AvgIpc) is 2.55. The Labute approximate surface area is 104 Å². The molecule has 0 saturated heterocycles. The topological polar surface area (TPSA) is 59.3 Å².